The van der Waals surface area contributed by atoms with Crippen molar-refractivity contribution in [3.8, 4) is 11.3 Å². The van der Waals surface area contributed by atoms with E-state index in [-0.39, 0.29) is 0 Å². The fraction of sp³-hybridized carbons (Fsp3) is 0.250. The van der Waals surface area contributed by atoms with Crippen LogP contribution < -0.4 is 4.90 Å². The average Bonchev–Trinajstić information content (AvgIpc) is 3.18. The zero-order valence-corrected chi connectivity index (χ0v) is 13.6. The quantitative estimate of drug-likeness (QED) is 0.797. The molecule has 1 N–H and O–H groups in total. The van der Waals surface area contributed by atoms with Gasteiger partial charge in [0.1, 0.15) is 5.54 Å². The lowest BCUT2D eigenvalue weighted by Gasteiger charge is -2.37. The summed E-state index contributed by atoms with van der Waals surface area (Å²) >= 11 is 0. The third kappa shape index (κ3) is 1.98. The number of fused-ring (bicyclic) bond motifs is 2. The van der Waals surface area contributed by atoms with Gasteiger partial charge >= 0.3 is 5.97 Å². The van der Waals surface area contributed by atoms with Crippen molar-refractivity contribution in [2.45, 2.75) is 18.4 Å². The van der Waals surface area contributed by atoms with Crippen LogP contribution in [-0.2, 0) is 4.79 Å². The van der Waals surface area contributed by atoms with E-state index in [1.165, 1.54) is 0 Å². The highest BCUT2D eigenvalue weighted by Gasteiger charge is 2.62. The summed E-state index contributed by atoms with van der Waals surface area (Å²) in [6.45, 7) is 0.721. The van der Waals surface area contributed by atoms with Gasteiger partial charge in [-0.05, 0) is 24.8 Å². The van der Waals surface area contributed by atoms with Gasteiger partial charge in [-0.2, -0.15) is 0 Å². The molecule has 2 aromatic carbocycles. The second-order valence-electron chi connectivity index (χ2n) is 6.98. The molecule has 2 saturated heterocycles. The van der Waals surface area contributed by atoms with Crippen molar-refractivity contribution in [3.05, 3.63) is 54.6 Å². The lowest BCUT2D eigenvalue weighted by Crippen LogP contribution is -2.53. The van der Waals surface area contributed by atoms with E-state index in [9.17, 15) is 9.90 Å². The number of aromatic nitrogens is 2. The highest BCUT2D eigenvalue weighted by molar-refractivity contribution is 5.94. The van der Waals surface area contributed by atoms with Crippen molar-refractivity contribution in [2.24, 2.45) is 5.92 Å². The molecule has 0 amide bonds. The Morgan fingerprint density at radius 1 is 1.04 bits per heavy atom. The maximum atomic E-state index is 11.9. The normalized spacial score (nSPS) is 24.3. The fourth-order valence-corrected chi connectivity index (χ4v) is 4.24. The number of hydrogen-bond donors (Lipinski definition) is 1. The molecule has 0 radical (unpaired) electrons. The van der Waals surface area contributed by atoms with Gasteiger partial charge in [0.05, 0.1) is 11.2 Å². The average molecular weight is 331 g/mol. The molecule has 124 valence electrons. The van der Waals surface area contributed by atoms with Crippen LogP contribution in [0.2, 0.25) is 0 Å². The number of hydrogen-bond acceptors (Lipinski definition) is 4. The predicted octanol–water partition coefficient (Wildman–Crippen LogP) is 3.35. The summed E-state index contributed by atoms with van der Waals surface area (Å²) in [4.78, 5) is 23.3. The Morgan fingerprint density at radius 3 is 2.52 bits per heavy atom. The number of carboxylic acids is 1. The number of carboxylic acid groups (broad SMARTS) is 1. The van der Waals surface area contributed by atoms with Crippen molar-refractivity contribution in [1.82, 2.24) is 9.97 Å². The summed E-state index contributed by atoms with van der Waals surface area (Å²) in [5, 5.41) is 10.7. The summed E-state index contributed by atoms with van der Waals surface area (Å²) in [7, 11) is 0. The highest BCUT2D eigenvalue weighted by atomic mass is 16.4. The van der Waals surface area contributed by atoms with Crippen LogP contribution >= 0.6 is 0 Å². The number of nitrogens with zero attached hydrogens (tertiary/aromatic N) is 3. The zero-order chi connectivity index (χ0) is 17.0. The molecule has 3 aromatic rings. The molecule has 2 bridgehead atoms. The fourth-order valence-electron chi connectivity index (χ4n) is 4.24. The minimum atomic E-state index is -0.818. The van der Waals surface area contributed by atoms with E-state index in [1.807, 2.05) is 59.5 Å². The van der Waals surface area contributed by atoms with E-state index in [2.05, 4.69) is 0 Å². The van der Waals surface area contributed by atoms with E-state index in [0.29, 0.717) is 24.7 Å². The highest BCUT2D eigenvalue weighted by Crippen LogP contribution is 2.52. The first-order chi connectivity index (χ1) is 12.2. The van der Waals surface area contributed by atoms with Gasteiger partial charge in [-0.1, -0.05) is 48.5 Å². The number of anilines is 1. The Kier molecular flexibility index (Phi) is 2.89. The van der Waals surface area contributed by atoms with Crippen molar-refractivity contribution in [2.75, 3.05) is 11.4 Å². The molecule has 5 heteroatoms. The SMILES string of the molecule is O=C(O)C12CC(CN1c1nc(-c3ccccc3)c3ccccc3n1)C2. The van der Waals surface area contributed by atoms with Gasteiger partial charge in [0.25, 0.3) is 0 Å². The minimum absolute atomic E-state index is 0.436. The predicted molar refractivity (Wildman–Crippen MR) is 95.4 cm³/mol. The van der Waals surface area contributed by atoms with Crippen molar-refractivity contribution in [3.63, 3.8) is 0 Å². The number of aliphatic carboxylic acids is 1. The van der Waals surface area contributed by atoms with Crippen LogP contribution in [0.5, 0.6) is 0 Å². The van der Waals surface area contributed by atoms with Gasteiger partial charge in [-0.15, -0.1) is 0 Å². The van der Waals surface area contributed by atoms with Gasteiger partial charge in [0.2, 0.25) is 5.95 Å². The molecule has 1 aliphatic carbocycles. The van der Waals surface area contributed by atoms with Crippen LogP contribution in [0.3, 0.4) is 0 Å². The second kappa shape index (κ2) is 5.02. The Balaban J connectivity index is 1.72. The third-order valence-corrected chi connectivity index (χ3v) is 5.49. The molecule has 0 spiro atoms. The summed E-state index contributed by atoms with van der Waals surface area (Å²) < 4.78 is 0. The number of para-hydroxylation sites is 1. The standard InChI is InChI=1S/C20H17N3O2/c24-18(25)20-10-13(11-20)12-23(20)19-21-16-9-5-4-8-15(16)17(22-19)14-6-2-1-3-7-14/h1-9,13H,10-12H2,(H,24,25). The molecule has 0 unspecified atom stereocenters. The van der Waals surface area contributed by atoms with Crippen LogP contribution in [0.15, 0.2) is 54.6 Å². The van der Waals surface area contributed by atoms with E-state index >= 15 is 0 Å². The molecule has 25 heavy (non-hydrogen) atoms. The summed E-state index contributed by atoms with van der Waals surface area (Å²) in [5.74, 6) is 0.200. The number of benzene rings is 2. The van der Waals surface area contributed by atoms with Gasteiger partial charge < -0.3 is 10.0 Å². The van der Waals surface area contributed by atoms with Crippen LogP contribution in [0, 0.1) is 5.92 Å². The number of carbonyl (C=O) groups is 1. The molecular weight excluding hydrogens is 314 g/mol. The van der Waals surface area contributed by atoms with E-state index in [1.54, 1.807) is 0 Å². The van der Waals surface area contributed by atoms with Crippen molar-refractivity contribution in [1.29, 1.82) is 0 Å². The third-order valence-electron chi connectivity index (χ3n) is 5.49. The first-order valence-corrected chi connectivity index (χ1v) is 8.51. The second-order valence-corrected chi connectivity index (χ2v) is 6.98. The zero-order valence-electron chi connectivity index (χ0n) is 13.6. The largest absolute Gasteiger partial charge is 0.479 e. The van der Waals surface area contributed by atoms with Crippen molar-refractivity contribution >= 4 is 22.8 Å². The van der Waals surface area contributed by atoms with Crippen LogP contribution in [-0.4, -0.2) is 33.1 Å². The molecule has 6 rings (SSSR count). The Labute approximate surface area is 145 Å². The molecule has 2 aliphatic heterocycles. The summed E-state index contributed by atoms with van der Waals surface area (Å²) in [6, 6.07) is 17.9. The van der Waals surface area contributed by atoms with Crippen molar-refractivity contribution < 1.29 is 9.90 Å². The van der Waals surface area contributed by atoms with E-state index in [4.69, 9.17) is 9.97 Å². The lowest BCUT2D eigenvalue weighted by atomic mass is 9.73. The molecule has 3 aliphatic rings. The van der Waals surface area contributed by atoms with Gasteiger partial charge in [-0.3, -0.25) is 0 Å². The van der Waals surface area contributed by atoms with Gasteiger partial charge in [-0.25, -0.2) is 14.8 Å². The van der Waals surface area contributed by atoms with Crippen LogP contribution in [0.1, 0.15) is 12.8 Å². The molecule has 1 aromatic heterocycles. The minimum Gasteiger partial charge on any atom is -0.479 e. The molecule has 3 fully saturated rings. The maximum Gasteiger partial charge on any atom is 0.329 e. The van der Waals surface area contributed by atoms with E-state index < -0.39 is 11.5 Å². The summed E-state index contributed by atoms with van der Waals surface area (Å²) in [5.41, 5.74) is 1.89. The summed E-state index contributed by atoms with van der Waals surface area (Å²) in [6.07, 6.45) is 1.39. The Hall–Kier alpha value is -2.95. The molecule has 3 heterocycles. The van der Waals surface area contributed by atoms with E-state index in [0.717, 1.165) is 28.7 Å². The smallest absolute Gasteiger partial charge is 0.329 e. The van der Waals surface area contributed by atoms with Crippen LogP contribution in [0.4, 0.5) is 5.95 Å². The van der Waals surface area contributed by atoms with Gasteiger partial charge in [0, 0.05) is 17.5 Å². The monoisotopic (exact) mass is 331 g/mol. The topological polar surface area (TPSA) is 66.3 Å². The molecule has 0 atom stereocenters. The van der Waals surface area contributed by atoms with Gasteiger partial charge in [0.15, 0.2) is 0 Å². The molecule has 1 saturated carbocycles. The first-order valence-electron chi connectivity index (χ1n) is 8.51. The lowest BCUT2D eigenvalue weighted by molar-refractivity contribution is -0.145. The Bertz CT molecular complexity index is 981. The Morgan fingerprint density at radius 2 is 1.76 bits per heavy atom. The molecule has 5 nitrogen and oxygen atoms in total. The van der Waals surface area contributed by atoms with Crippen LogP contribution in [0.25, 0.3) is 22.2 Å². The first kappa shape index (κ1) is 14.4. The molecular formula is C20H17N3O2. The number of rotatable bonds is 3. The maximum absolute atomic E-state index is 11.9.